The van der Waals surface area contributed by atoms with E-state index in [1.807, 2.05) is 30.3 Å². The second kappa shape index (κ2) is 4.87. The van der Waals surface area contributed by atoms with Gasteiger partial charge in [-0.05, 0) is 36.6 Å². The number of nitrogens with zero attached hydrogens (tertiary/aromatic N) is 1. The van der Waals surface area contributed by atoms with E-state index in [2.05, 4.69) is 5.16 Å². The lowest BCUT2D eigenvalue weighted by Crippen LogP contribution is -1.96. The molecule has 0 bridgehead atoms. The topological polar surface area (TPSA) is 52.8 Å². The number of rotatable bonds is 3. The summed E-state index contributed by atoms with van der Waals surface area (Å²) in [5.74, 6) is 0.300. The Labute approximate surface area is 100 Å². The number of hydrogen-bond donors (Lipinski definition) is 2. The second-order valence-corrected chi connectivity index (χ2v) is 4.12. The van der Waals surface area contributed by atoms with Crippen molar-refractivity contribution in [2.75, 3.05) is 0 Å². The maximum absolute atomic E-state index is 9.89. The third-order valence-corrected chi connectivity index (χ3v) is 2.92. The maximum Gasteiger partial charge on any atom is 0.119 e. The van der Waals surface area contributed by atoms with E-state index in [0.717, 1.165) is 16.3 Å². The van der Waals surface area contributed by atoms with Crippen LogP contribution in [0.4, 0.5) is 0 Å². The van der Waals surface area contributed by atoms with Gasteiger partial charge in [0.15, 0.2) is 0 Å². The number of benzene rings is 2. The number of oxime groups is 1. The predicted octanol–water partition coefficient (Wildman–Crippen LogP) is 3.33. The smallest absolute Gasteiger partial charge is 0.119 e. The van der Waals surface area contributed by atoms with Crippen molar-refractivity contribution < 1.29 is 10.3 Å². The Hall–Kier alpha value is -2.03. The van der Waals surface area contributed by atoms with Gasteiger partial charge in [-0.15, -0.1) is 0 Å². The van der Waals surface area contributed by atoms with Crippen LogP contribution >= 0.6 is 0 Å². The Morgan fingerprint density at radius 2 is 1.94 bits per heavy atom. The van der Waals surface area contributed by atoms with Gasteiger partial charge in [0.25, 0.3) is 0 Å². The zero-order chi connectivity index (χ0) is 12.3. The quantitative estimate of drug-likeness (QED) is 0.482. The van der Waals surface area contributed by atoms with Crippen molar-refractivity contribution in [3.8, 4) is 5.75 Å². The third-order valence-electron chi connectivity index (χ3n) is 2.92. The molecule has 0 aliphatic heterocycles. The molecule has 2 aromatic carbocycles. The standard InChI is InChI=1S/C14H15NO2/c1-10(15-17)6-8-13-12-5-3-2-4-11(12)7-9-14(13)16/h2-5,7,9,16-17H,6,8H2,1H3/b15-10+. The van der Waals surface area contributed by atoms with Gasteiger partial charge >= 0.3 is 0 Å². The minimum absolute atomic E-state index is 0.300. The summed E-state index contributed by atoms with van der Waals surface area (Å²) in [7, 11) is 0. The minimum Gasteiger partial charge on any atom is -0.508 e. The first kappa shape index (κ1) is 11.5. The molecule has 17 heavy (non-hydrogen) atoms. The lowest BCUT2D eigenvalue weighted by atomic mass is 9.99. The molecule has 0 spiro atoms. The molecule has 0 aromatic heterocycles. The predicted molar refractivity (Wildman–Crippen MR) is 68.8 cm³/mol. The van der Waals surface area contributed by atoms with Crippen molar-refractivity contribution in [3.05, 3.63) is 42.0 Å². The first-order valence-electron chi connectivity index (χ1n) is 5.59. The number of aryl methyl sites for hydroxylation is 1. The Kier molecular flexibility index (Phi) is 3.28. The van der Waals surface area contributed by atoms with Crippen LogP contribution in [0, 0.1) is 0 Å². The van der Waals surface area contributed by atoms with Crippen LogP contribution in [-0.4, -0.2) is 16.0 Å². The van der Waals surface area contributed by atoms with Gasteiger partial charge < -0.3 is 10.3 Å². The second-order valence-electron chi connectivity index (χ2n) is 4.12. The number of phenolic OH excluding ortho intramolecular Hbond substituents is 1. The van der Waals surface area contributed by atoms with Crippen LogP contribution in [0.2, 0.25) is 0 Å². The molecular weight excluding hydrogens is 214 g/mol. The van der Waals surface area contributed by atoms with E-state index in [0.29, 0.717) is 24.3 Å². The highest BCUT2D eigenvalue weighted by atomic mass is 16.4. The summed E-state index contributed by atoms with van der Waals surface area (Å²) in [5, 5.41) is 23.8. The summed E-state index contributed by atoms with van der Waals surface area (Å²) in [4.78, 5) is 0. The van der Waals surface area contributed by atoms with Gasteiger partial charge in [0.1, 0.15) is 5.75 Å². The van der Waals surface area contributed by atoms with Crippen LogP contribution in [-0.2, 0) is 6.42 Å². The molecule has 0 saturated heterocycles. The van der Waals surface area contributed by atoms with E-state index >= 15 is 0 Å². The number of aromatic hydroxyl groups is 1. The molecule has 0 aliphatic carbocycles. The summed E-state index contributed by atoms with van der Waals surface area (Å²) in [6.07, 6.45) is 1.31. The lowest BCUT2D eigenvalue weighted by molar-refractivity contribution is 0.317. The average Bonchev–Trinajstić information content (AvgIpc) is 2.37. The maximum atomic E-state index is 9.89. The fourth-order valence-corrected chi connectivity index (χ4v) is 1.94. The number of fused-ring (bicyclic) bond motifs is 1. The Morgan fingerprint density at radius 3 is 2.71 bits per heavy atom. The van der Waals surface area contributed by atoms with E-state index in [1.165, 1.54) is 0 Å². The van der Waals surface area contributed by atoms with Crippen molar-refractivity contribution in [1.82, 2.24) is 0 Å². The van der Waals surface area contributed by atoms with Crippen LogP contribution in [0.15, 0.2) is 41.6 Å². The number of phenols is 1. The fraction of sp³-hybridized carbons (Fsp3) is 0.214. The van der Waals surface area contributed by atoms with Crippen LogP contribution < -0.4 is 0 Å². The molecule has 0 radical (unpaired) electrons. The zero-order valence-electron chi connectivity index (χ0n) is 9.72. The van der Waals surface area contributed by atoms with Crippen molar-refractivity contribution in [1.29, 1.82) is 0 Å². The van der Waals surface area contributed by atoms with E-state index in [-0.39, 0.29) is 0 Å². The molecule has 0 fully saturated rings. The Bertz CT molecular complexity index is 561. The van der Waals surface area contributed by atoms with Gasteiger partial charge in [-0.25, -0.2) is 0 Å². The highest BCUT2D eigenvalue weighted by Gasteiger charge is 2.07. The summed E-state index contributed by atoms with van der Waals surface area (Å²) < 4.78 is 0. The SMILES string of the molecule is C/C(CCc1c(O)ccc2ccccc12)=N\O. The number of hydrogen-bond acceptors (Lipinski definition) is 3. The van der Waals surface area contributed by atoms with Crippen LogP contribution in [0.25, 0.3) is 10.8 Å². The van der Waals surface area contributed by atoms with Crippen molar-refractivity contribution >= 4 is 16.5 Å². The monoisotopic (exact) mass is 229 g/mol. The summed E-state index contributed by atoms with van der Waals surface area (Å²) in [6, 6.07) is 11.6. The molecule has 0 amide bonds. The lowest BCUT2D eigenvalue weighted by Gasteiger charge is -2.08. The van der Waals surface area contributed by atoms with Crippen molar-refractivity contribution in [3.63, 3.8) is 0 Å². The average molecular weight is 229 g/mol. The van der Waals surface area contributed by atoms with Gasteiger partial charge in [-0.2, -0.15) is 0 Å². The highest BCUT2D eigenvalue weighted by molar-refractivity contribution is 5.88. The minimum atomic E-state index is 0.300. The molecule has 0 aliphatic rings. The zero-order valence-corrected chi connectivity index (χ0v) is 9.72. The highest BCUT2D eigenvalue weighted by Crippen LogP contribution is 2.28. The molecule has 2 aromatic rings. The first-order chi connectivity index (χ1) is 8.22. The molecule has 0 atom stereocenters. The Morgan fingerprint density at radius 1 is 1.18 bits per heavy atom. The van der Waals surface area contributed by atoms with E-state index in [4.69, 9.17) is 5.21 Å². The van der Waals surface area contributed by atoms with Crippen LogP contribution in [0.1, 0.15) is 18.9 Å². The summed E-state index contributed by atoms with van der Waals surface area (Å²) in [5.41, 5.74) is 1.57. The summed E-state index contributed by atoms with van der Waals surface area (Å²) in [6.45, 7) is 1.77. The normalized spacial score (nSPS) is 11.9. The molecule has 0 saturated carbocycles. The third kappa shape index (κ3) is 2.38. The van der Waals surface area contributed by atoms with Crippen molar-refractivity contribution in [2.24, 2.45) is 5.16 Å². The molecule has 0 unspecified atom stereocenters. The molecule has 0 heterocycles. The molecule has 2 N–H and O–H groups in total. The van der Waals surface area contributed by atoms with Crippen LogP contribution in [0.3, 0.4) is 0 Å². The summed E-state index contributed by atoms with van der Waals surface area (Å²) >= 11 is 0. The molecule has 88 valence electrons. The van der Waals surface area contributed by atoms with Crippen molar-refractivity contribution in [2.45, 2.75) is 19.8 Å². The Balaban J connectivity index is 2.41. The molecule has 3 nitrogen and oxygen atoms in total. The van der Waals surface area contributed by atoms with Gasteiger partial charge in [-0.3, -0.25) is 0 Å². The molecule has 3 heteroatoms. The molecule has 2 rings (SSSR count). The van der Waals surface area contributed by atoms with Gasteiger partial charge in [-0.1, -0.05) is 35.5 Å². The molecular formula is C14H15NO2. The van der Waals surface area contributed by atoms with E-state index in [1.54, 1.807) is 13.0 Å². The fourth-order valence-electron chi connectivity index (χ4n) is 1.94. The first-order valence-corrected chi connectivity index (χ1v) is 5.59. The van der Waals surface area contributed by atoms with Gasteiger partial charge in [0.2, 0.25) is 0 Å². The van der Waals surface area contributed by atoms with Gasteiger partial charge in [0, 0.05) is 5.56 Å². The van der Waals surface area contributed by atoms with Crippen LogP contribution in [0.5, 0.6) is 5.75 Å². The van der Waals surface area contributed by atoms with Gasteiger partial charge in [0.05, 0.1) is 5.71 Å². The largest absolute Gasteiger partial charge is 0.508 e. The van der Waals surface area contributed by atoms with E-state index in [9.17, 15) is 5.11 Å². The van der Waals surface area contributed by atoms with E-state index < -0.39 is 0 Å².